The van der Waals surface area contributed by atoms with Crippen LogP contribution in [0.2, 0.25) is 0 Å². The number of benzene rings is 2. The first-order chi connectivity index (χ1) is 17.1. The van der Waals surface area contributed by atoms with E-state index in [1.807, 2.05) is 0 Å². The van der Waals surface area contributed by atoms with E-state index in [1.165, 1.54) is 42.3 Å². The van der Waals surface area contributed by atoms with E-state index in [0.29, 0.717) is 35.6 Å². The number of rotatable bonds is 8. The second-order valence-electron chi connectivity index (χ2n) is 7.95. The van der Waals surface area contributed by atoms with Crippen molar-refractivity contribution in [1.82, 2.24) is 14.9 Å². The summed E-state index contributed by atoms with van der Waals surface area (Å²) in [5, 5.41) is 8.41. The maximum Gasteiger partial charge on any atom is 0.263 e. The van der Waals surface area contributed by atoms with Gasteiger partial charge in [-0.15, -0.1) is 10.2 Å². The van der Waals surface area contributed by atoms with Crippen molar-refractivity contribution < 1.29 is 26.4 Å². The minimum absolute atomic E-state index is 0.0414. The summed E-state index contributed by atoms with van der Waals surface area (Å²) in [5.41, 5.74) is 1.33. The molecule has 1 amide bonds. The van der Waals surface area contributed by atoms with Gasteiger partial charge in [0.25, 0.3) is 15.9 Å². The zero-order chi connectivity index (χ0) is 26.1. The van der Waals surface area contributed by atoms with Crippen LogP contribution in [0, 0.1) is 6.92 Å². The largest absolute Gasteiger partial charge is 0.496 e. The van der Waals surface area contributed by atoms with Gasteiger partial charge in [-0.05, 0) is 61.7 Å². The number of nitrogens with zero attached hydrogens (tertiary/aromatic N) is 3. The van der Waals surface area contributed by atoms with E-state index >= 15 is 0 Å². The molecule has 192 valence electrons. The van der Waals surface area contributed by atoms with Gasteiger partial charge in [0.2, 0.25) is 15.2 Å². The highest BCUT2D eigenvalue weighted by Crippen LogP contribution is 2.33. The third-order valence-electron chi connectivity index (χ3n) is 5.52. The van der Waals surface area contributed by atoms with Crippen LogP contribution in [0.1, 0.15) is 34.3 Å². The molecule has 0 spiro atoms. The van der Waals surface area contributed by atoms with Crippen molar-refractivity contribution in [3.63, 3.8) is 0 Å². The number of ether oxygens (including phenoxy) is 1. The highest BCUT2D eigenvalue weighted by Gasteiger charge is 2.29. The summed E-state index contributed by atoms with van der Waals surface area (Å²) in [4.78, 5) is 15.1. The third kappa shape index (κ3) is 5.21. The Morgan fingerprint density at radius 2 is 1.81 bits per heavy atom. The Morgan fingerprint density at radius 3 is 2.47 bits per heavy atom. The molecule has 1 aliphatic heterocycles. The number of amides is 1. The van der Waals surface area contributed by atoms with E-state index in [9.17, 15) is 21.6 Å². The third-order valence-corrected chi connectivity index (χ3v) is 9.28. The lowest BCUT2D eigenvalue weighted by Crippen LogP contribution is -2.36. The van der Waals surface area contributed by atoms with Crippen LogP contribution in [-0.4, -0.2) is 53.1 Å². The molecule has 1 aliphatic rings. The van der Waals surface area contributed by atoms with Gasteiger partial charge in [-0.1, -0.05) is 18.3 Å². The Morgan fingerprint density at radius 1 is 1.08 bits per heavy atom. The molecule has 1 aromatic heterocycles. The molecule has 0 unspecified atom stereocenters. The summed E-state index contributed by atoms with van der Waals surface area (Å²) in [6.45, 7) is 3.97. The molecular weight excluding hydrogens is 526 g/mol. The SMILES string of the molecule is CCNS(=O)(=O)c1ccc(OC)c(C(=O)N2CCCc3cc(S(=O)(=O)Nc4nnc(C)s4)ccc32)c1. The summed E-state index contributed by atoms with van der Waals surface area (Å²) in [7, 11) is -6.29. The van der Waals surface area contributed by atoms with Crippen molar-refractivity contribution in [2.24, 2.45) is 0 Å². The highest BCUT2D eigenvalue weighted by molar-refractivity contribution is 7.93. The van der Waals surface area contributed by atoms with Crippen LogP contribution in [0.15, 0.2) is 46.2 Å². The number of sulfonamides is 2. The van der Waals surface area contributed by atoms with Crippen molar-refractivity contribution in [3.8, 4) is 5.75 Å². The predicted molar refractivity (Wildman–Crippen MR) is 136 cm³/mol. The second kappa shape index (κ2) is 10.1. The van der Waals surface area contributed by atoms with Crippen LogP contribution in [0.4, 0.5) is 10.8 Å². The van der Waals surface area contributed by atoms with Gasteiger partial charge in [0.1, 0.15) is 10.8 Å². The zero-order valence-electron chi connectivity index (χ0n) is 19.8. The van der Waals surface area contributed by atoms with E-state index in [2.05, 4.69) is 19.6 Å². The Kier molecular flexibility index (Phi) is 7.31. The molecule has 0 atom stereocenters. The summed E-state index contributed by atoms with van der Waals surface area (Å²) < 4.78 is 60.9. The average molecular weight is 552 g/mol. The van der Waals surface area contributed by atoms with E-state index in [4.69, 9.17) is 4.74 Å². The van der Waals surface area contributed by atoms with Gasteiger partial charge in [-0.25, -0.2) is 21.6 Å². The van der Waals surface area contributed by atoms with Crippen molar-refractivity contribution in [2.45, 2.75) is 36.5 Å². The number of fused-ring (bicyclic) bond motifs is 1. The number of aryl methyl sites for hydroxylation is 2. The lowest BCUT2D eigenvalue weighted by molar-refractivity contribution is 0.0982. The van der Waals surface area contributed by atoms with Gasteiger partial charge in [-0.2, -0.15) is 0 Å². The predicted octanol–water partition coefficient (Wildman–Crippen LogP) is 2.55. The van der Waals surface area contributed by atoms with Crippen LogP contribution >= 0.6 is 11.3 Å². The maximum atomic E-state index is 13.6. The maximum absolute atomic E-state index is 13.6. The normalized spacial score (nSPS) is 13.8. The molecule has 2 N–H and O–H groups in total. The van der Waals surface area contributed by atoms with E-state index < -0.39 is 26.0 Å². The Balaban J connectivity index is 1.68. The monoisotopic (exact) mass is 551 g/mol. The number of hydrogen-bond acceptors (Lipinski definition) is 9. The van der Waals surface area contributed by atoms with Gasteiger partial charge < -0.3 is 9.64 Å². The van der Waals surface area contributed by atoms with Gasteiger partial charge in [-0.3, -0.25) is 9.52 Å². The van der Waals surface area contributed by atoms with Gasteiger partial charge in [0.05, 0.1) is 22.5 Å². The molecule has 0 aliphatic carbocycles. The van der Waals surface area contributed by atoms with Crippen LogP contribution in [0.3, 0.4) is 0 Å². The van der Waals surface area contributed by atoms with Crippen molar-refractivity contribution in [2.75, 3.05) is 29.8 Å². The molecule has 0 saturated carbocycles. The van der Waals surface area contributed by atoms with Crippen LogP contribution in [0.5, 0.6) is 5.75 Å². The summed E-state index contributed by atoms with van der Waals surface area (Å²) in [5.74, 6) is -0.210. The lowest BCUT2D eigenvalue weighted by atomic mass is 10.0. The number of anilines is 2. The second-order valence-corrected chi connectivity index (χ2v) is 12.6. The molecule has 0 fully saturated rings. The average Bonchev–Trinajstić information content (AvgIpc) is 3.25. The summed E-state index contributed by atoms with van der Waals surface area (Å²) in [6, 6.07) is 8.65. The van der Waals surface area contributed by atoms with Gasteiger partial charge >= 0.3 is 0 Å². The fraction of sp³-hybridized carbons (Fsp3) is 0.318. The molecule has 14 heteroatoms. The molecule has 2 aromatic carbocycles. The first-order valence-corrected chi connectivity index (χ1v) is 14.8. The Hall–Kier alpha value is -3.07. The van der Waals surface area contributed by atoms with Crippen molar-refractivity contribution in [1.29, 1.82) is 0 Å². The molecule has 3 aromatic rings. The summed E-state index contributed by atoms with van der Waals surface area (Å²) in [6.07, 6.45) is 1.18. The topological polar surface area (TPSA) is 148 Å². The first-order valence-electron chi connectivity index (χ1n) is 11.0. The van der Waals surface area contributed by atoms with Crippen LogP contribution < -0.4 is 19.1 Å². The highest BCUT2D eigenvalue weighted by atomic mass is 32.2. The smallest absolute Gasteiger partial charge is 0.263 e. The minimum Gasteiger partial charge on any atom is -0.496 e. The lowest BCUT2D eigenvalue weighted by Gasteiger charge is -2.30. The van der Waals surface area contributed by atoms with Crippen LogP contribution in [-0.2, 0) is 26.5 Å². The van der Waals surface area contributed by atoms with Gasteiger partial charge in [0, 0.05) is 18.8 Å². The number of hydrogen-bond donors (Lipinski definition) is 2. The standard InChI is InChI=1S/C22H25N5O6S3/c1-4-23-35(29,30)17-8-10-20(33-3)18(13-17)21(28)27-11-5-6-15-12-16(7-9-19(15)27)36(31,32)26-22-25-24-14(2)34-22/h7-10,12-13,23H,4-6,11H2,1-3H3,(H,25,26). The number of carbonyl (C=O) groups is 1. The Labute approximate surface area is 213 Å². The summed E-state index contributed by atoms with van der Waals surface area (Å²) >= 11 is 1.12. The van der Waals surface area contributed by atoms with E-state index in [0.717, 1.165) is 11.3 Å². The Bertz CT molecular complexity index is 1520. The minimum atomic E-state index is -3.90. The van der Waals surface area contributed by atoms with E-state index in [-0.39, 0.29) is 32.8 Å². The number of aromatic nitrogens is 2. The molecule has 2 heterocycles. The molecule has 11 nitrogen and oxygen atoms in total. The van der Waals surface area contributed by atoms with Crippen LogP contribution in [0.25, 0.3) is 0 Å². The first kappa shape index (κ1) is 26.0. The zero-order valence-corrected chi connectivity index (χ0v) is 22.3. The van der Waals surface area contributed by atoms with Crippen molar-refractivity contribution >= 4 is 48.1 Å². The molecule has 4 rings (SSSR count). The quantitative estimate of drug-likeness (QED) is 0.434. The van der Waals surface area contributed by atoms with Crippen molar-refractivity contribution in [3.05, 3.63) is 52.5 Å². The number of nitrogens with one attached hydrogen (secondary N) is 2. The van der Waals surface area contributed by atoms with Gasteiger partial charge in [0.15, 0.2) is 0 Å². The molecule has 36 heavy (non-hydrogen) atoms. The molecule has 0 bridgehead atoms. The van der Waals surface area contributed by atoms with E-state index in [1.54, 1.807) is 19.9 Å². The number of methoxy groups -OCH3 is 1. The number of carbonyl (C=O) groups excluding carboxylic acids is 1. The molecular formula is C22H25N5O6S3. The molecule has 0 radical (unpaired) electrons. The fourth-order valence-corrected chi connectivity index (χ4v) is 6.84. The molecule has 0 saturated heterocycles. The fourth-order valence-electron chi connectivity index (χ4n) is 3.90.